The summed E-state index contributed by atoms with van der Waals surface area (Å²) in [4.78, 5) is 19.8. The van der Waals surface area contributed by atoms with Gasteiger partial charge in [-0.25, -0.2) is 15.0 Å². The van der Waals surface area contributed by atoms with Gasteiger partial charge in [0.2, 0.25) is 0 Å². The van der Waals surface area contributed by atoms with E-state index in [-0.39, 0.29) is 0 Å². The molecule has 0 unspecified atom stereocenters. The standard InChI is InChI=1S/C50H32N4/c1-32-41-18-8-9-19-43(41)46-44(31-51-45-21-11-20-42(32)47(45)46)40-17-10-16-39(30-40)35-24-28-38(29-25-35)50-53-48(36-14-6-3-7-15-36)52-49(54-50)37-26-22-34(23-27-37)33-12-4-2-5-13-33/h2-31H,1H2. The van der Waals surface area contributed by atoms with Gasteiger partial charge in [-0.2, -0.15) is 0 Å². The summed E-state index contributed by atoms with van der Waals surface area (Å²) in [6, 6.07) is 61.0. The van der Waals surface area contributed by atoms with E-state index < -0.39 is 0 Å². The molecule has 8 aromatic carbocycles. The Morgan fingerprint density at radius 2 is 0.778 bits per heavy atom. The SMILES string of the molecule is C=c1c2ccccc2c2c(-c3cccc(-c4ccc(-c5nc(-c6ccccc6)nc(-c6ccc(-c7ccccc7)cc6)n5)cc4)c3)cnc3cccc1c32. The Hall–Kier alpha value is -7.30. The minimum Gasteiger partial charge on any atom is -0.256 e. The smallest absolute Gasteiger partial charge is 0.164 e. The zero-order chi connectivity index (χ0) is 36.0. The van der Waals surface area contributed by atoms with Gasteiger partial charge in [0.1, 0.15) is 0 Å². The number of aromatic nitrogens is 4. The summed E-state index contributed by atoms with van der Waals surface area (Å²) in [6.45, 7) is 4.48. The van der Waals surface area contributed by atoms with Crippen molar-refractivity contribution in [2.24, 2.45) is 0 Å². The van der Waals surface area contributed by atoms with Gasteiger partial charge >= 0.3 is 0 Å². The Labute approximate surface area is 312 Å². The molecule has 4 nitrogen and oxygen atoms in total. The van der Waals surface area contributed by atoms with Gasteiger partial charge in [0.25, 0.3) is 0 Å². The number of pyridine rings is 1. The third-order valence-electron chi connectivity index (χ3n) is 10.3. The van der Waals surface area contributed by atoms with Crippen molar-refractivity contribution >= 4 is 39.0 Å². The predicted octanol–water partition coefficient (Wildman–Crippen LogP) is 11.9. The van der Waals surface area contributed by atoms with Gasteiger partial charge < -0.3 is 0 Å². The van der Waals surface area contributed by atoms with E-state index in [9.17, 15) is 0 Å². The van der Waals surface area contributed by atoms with Gasteiger partial charge in [-0.3, -0.25) is 4.98 Å². The number of hydrogen-bond donors (Lipinski definition) is 0. The van der Waals surface area contributed by atoms with Crippen molar-refractivity contribution < 1.29 is 0 Å². The minimum absolute atomic E-state index is 0.628. The van der Waals surface area contributed by atoms with Crippen LogP contribution in [0.5, 0.6) is 0 Å². The average molecular weight is 689 g/mol. The Morgan fingerprint density at radius 3 is 1.43 bits per heavy atom. The molecule has 0 aliphatic rings. The molecular formula is C50H32N4. The molecule has 4 heteroatoms. The topological polar surface area (TPSA) is 51.6 Å². The van der Waals surface area contributed by atoms with Crippen molar-refractivity contribution in [1.82, 2.24) is 19.9 Å². The summed E-state index contributed by atoms with van der Waals surface area (Å²) >= 11 is 0. The van der Waals surface area contributed by atoms with Gasteiger partial charge in [-0.1, -0.05) is 170 Å². The molecule has 0 aliphatic heterocycles. The van der Waals surface area contributed by atoms with Crippen molar-refractivity contribution in [3.63, 3.8) is 0 Å². The van der Waals surface area contributed by atoms with Crippen LogP contribution in [0, 0.1) is 0 Å². The highest BCUT2D eigenvalue weighted by Crippen LogP contribution is 2.38. The second kappa shape index (κ2) is 13.0. The highest BCUT2D eigenvalue weighted by Gasteiger charge is 2.16. The van der Waals surface area contributed by atoms with Crippen LogP contribution < -0.4 is 5.22 Å². The lowest BCUT2D eigenvalue weighted by Crippen LogP contribution is -2.04. The summed E-state index contributed by atoms with van der Waals surface area (Å²) in [7, 11) is 0. The fraction of sp³-hybridized carbons (Fsp3) is 0. The van der Waals surface area contributed by atoms with Crippen molar-refractivity contribution in [2.45, 2.75) is 0 Å². The number of hydrogen-bond acceptors (Lipinski definition) is 4. The molecule has 0 aliphatic carbocycles. The largest absolute Gasteiger partial charge is 0.256 e. The van der Waals surface area contributed by atoms with Crippen molar-refractivity contribution in [1.29, 1.82) is 0 Å². The lowest BCUT2D eigenvalue weighted by molar-refractivity contribution is 1.07. The first-order chi connectivity index (χ1) is 26.7. The van der Waals surface area contributed by atoms with Crippen LogP contribution in [0.15, 0.2) is 182 Å². The molecule has 10 rings (SSSR count). The van der Waals surface area contributed by atoms with E-state index in [1.54, 1.807) is 0 Å². The van der Waals surface area contributed by atoms with Gasteiger partial charge in [-0.15, -0.1) is 0 Å². The third-order valence-corrected chi connectivity index (χ3v) is 10.3. The summed E-state index contributed by atoms with van der Waals surface area (Å²) < 4.78 is 0. The van der Waals surface area contributed by atoms with Crippen LogP contribution in [-0.4, -0.2) is 19.9 Å². The van der Waals surface area contributed by atoms with Crippen LogP contribution in [0.1, 0.15) is 0 Å². The maximum atomic E-state index is 5.00. The molecule has 2 heterocycles. The molecule has 0 spiro atoms. The van der Waals surface area contributed by atoms with E-state index in [0.717, 1.165) is 71.4 Å². The first kappa shape index (κ1) is 31.4. The molecule has 10 aromatic rings. The van der Waals surface area contributed by atoms with Gasteiger partial charge in [0.05, 0.1) is 5.52 Å². The average Bonchev–Trinajstić information content (AvgIpc) is 3.26. The highest BCUT2D eigenvalue weighted by molar-refractivity contribution is 6.25. The number of benzene rings is 8. The molecule has 0 fully saturated rings. The lowest BCUT2D eigenvalue weighted by Gasteiger charge is -2.15. The Kier molecular flexibility index (Phi) is 7.59. The maximum absolute atomic E-state index is 5.00. The van der Waals surface area contributed by atoms with Gasteiger partial charge in [0, 0.05) is 39.2 Å². The van der Waals surface area contributed by atoms with Crippen LogP contribution in [0.4, 0.5) is 0 Å². The summed E-state index contributed by atoms with van der Waals surface area (Å²) in [5.41, 5.74) is 10.5. The molecule has 2 aromatic heterocycles. The van der Waals surface area contributed by atoms with E-state index in [4.69, 9.17) is 19.9 Å². The van der Waals surface area contributed by atoms with Crippen LogP contribution in [0.25, 0.3) is 107 Å². The minimum atomic E-state index is 0.628. The van der Waals surface area contributed by atoms with Gasteiger partial charge in [0.15, 0.2) is 17.5 Å². The molecule has 0 saturated heterocycles. The zero-order valence-corrected chi connectivity index (χ0v) is 29.3. The Morgan fingerprint density at radius 1 is 0.333 bits per heavy atom. The normalized spacial score (nSPS) is 11.4. The van der Waals surface area contributed by atoms with Crippen molar-refractivity contribution in [3.8, 4) is 67.5 Å². The Balaban J connectivity index is 1.04. The predicted molar refractivity (Wildman–Crippen MR) is 223 cm³/mol. The van der Waals surface area contributed by atoms with Crippen LogP contribution in [0.3, 0.4) is 0 Å². The quantitative estimate of drug-likeness (QED) is 0.129. The fourth-order valence-electron chi connectivity index (χ4n) is 7.57. The van der Waals surface area contributed by atoms with Gasteiger partial charge in [-0.05, 0) is 61.3 Å². The van der Waals surface area contributed by atoms with Crippen molar-refractivity contribution in [2.75, 3.05) is 0 Å². The van der Waals surface area contributed by atoms with E-state index in [1.165, 1.54) is 16.3 Å². The fourth-order valence-corrected chi connectivity index (χ4v) is 7.57. The van der Waals surface area contributed by atoms with E-state index in [2.05, 4.69) is 146 Å². The molecule has 0 atom stereocenters. The van der Waals surface area contributed by atoms with E-state index >= 15 is 0 Å². The monoisotopic (exact) mass is 688 g/mol. The third kappa shape index (κ3) is 5.49. The van der Waals surface area contributed by atoms with Crippen molar-refractivity contribution in [3.05, 3.63) is 187 Å². The molecule has 252 valence electrons. The first-order valence-electron chi connectivity index (χ1n) is 18.1. The summed E-state index contributed by atoms with van der Waals surface area (Å²) in [6.07, 6.45) is 2.02. The molecule has 0 amide bonds. The summed E-state index contributed by atoms with van der Waals surface area (Å²) in [5.74, 6) is 1.90. The maximum Gasteiger partial charge on any atom is 0.164 e. The van der Waals surface area contributed by atoms with Crippen LogP contribution in [0.2, 0.25) is 0 Å². The van der Waals surface area contributed by atoms with E-state index in [0.29, 0.717) is 17.5 Å². The molecular weight excluding hydrogens is 657 g/mol. The number of fused-ring (bicyclic) bond motifs is 2. The van der Waals surface area contributed by atoms with Crippen LogP contribution in [-0.2, 0) is 0 Å². The molecule has 0 radical (unpaired) electrons. The molecule has 0 saturated carbocycles. The van der Waals surface area contributed by atoms with E-state index in [1.807, 2.05) is 42.6 Å². The Bertz CT molecular complexity index is 3030. The number of rotatable bonds is 6. The zero-order valence-electron chi connectivity index (χ0n) is 29.3. The second-order valence-electron chi connectivity index (χ2n) is 13.5. The second-order valence-corrected chi connectivity index (χ2v) is 13.5. The molecule has 0 bridgehead atoms. The highest BCUT2D eigenvalue weighted by atomic mass is 15.0. The molecule has 54 heavy (non-hydrogen) atoms. The number of nitrogens with zero attached hydrogens (tertiary/aromatic N) is 4. The molecule has 0 N–H and O–H groups in total. The lowest BCUT2D eigenvalue weighted by atomic mass is 9.90. The van der Waals surface area contributed by atoms with Crippen LogP contribution >= 0.6 is 0 Å². The first-order valence-corrected chi connectivity index (χ1v) is 18.1. The summed E-state index contributed by atoms with van der Waals surface area (Å²) in [5, 5.41) is 6.91.